The number of piperidine rings is 1. The lowest BCUT2D eigenvalue weighted by atomic mass is 9.91. The summed E-state index contributed by atoms with van der Waals surface area (Å²) in [5, 5.41) is 0. The van der Waals surface area contributed by atoms with Gasteiger partial charge in [0.05, 0.1) is 30.9 Å². The number of likely N-dealkylation sites (tertiary alicyclic amines) is 1. The number of rotatable bonds is 5. The van der Waals surface area contributed by atoms with Gasteiger partial charge in [0.25, 0.3) is 5.91 Å². The molecule has 138 valence electrons. The fourth-order valence-electron chi connectivity index (χ4n) is 4.00. The van der Waals surface area contributed by atoms with Gasteiger partial charge in [-0.3, -0.25) is 14.7 Å². The lowest BCUT2D eigenvalue weighted by Gasteiger charge is -2.33. The molecule has 0 spiro atoms. The maximum atomic E-state index is 12.8. The largest absolute Gasteiger partial charge is 0.472 e. The Balaban J connectivity index is 1.32. The van der Waals surface area contributed by atoms with E-state index in [1.165, 1.54) is 5.56 Å². The summed E-state index contributed by atoms with van der Waals surface area (Å²) in [6.45, 7) is 3.31. The van der Waals surface area contributed by atoms with E-state index in [9.17, 15) is 4.79 Å². The van der Waals surface area contributed by atoms with Crippen LogP contribution in [0.1, 0.15) is 24.1 Å². The van der Waals surface area contributed by atoms with Crippen LogP contribution in [-0.4, -0.2) is 53.0 Å². The Kier molecular flexibility index (Phi) is 5.04. The number of pyridine rings is 1. The summed E-state index contributed by atoms with van der Waals surface area (Å²) < 4.78 is 11.3. The van der Waals surface area contributed by atoms with Crippen LogP contribution in [-0.2, 0) is 22.6 Å². The number of carbonyl (C=O) groups is 1. The number of fused-ring (bicyclic) bond motifs is 1. The minimum Gasteiger partial charge on any atom is -0.472 e. The second-order valence-corrected chi connectivity index (χ2v) is 7.33. The van der Waals surface area contributed by atoms with Crippen LogP contribution in [0.15, 0.2) is 47.4 Å². The average Bonchev–Trinajstić information content (AvgIpc) is 3.31. The van der Waals surface area contributed by atoms with Gasteiger partial charge < -0.3 is 14.1 Å². The highest BCUT2D eigenvalue weighted by molar-refractivity contribution is 5.81. The second kappa shape index (κ2) is 7.60. The molecule has 0 aliphatic carbocycles. The maximum Gasteiger partial charge on any atom is 0.251 e. The molecule has 6 nitrogen and oxygen atoms in total. The summed E-state index contributed by atoms with van der Waals surface area (Å²) in [6.07, 6.45) is 6.98. The quantitative estimate of drug-likeness (QED) is 0.824. The molecule has 1 amide bonds. The Morgan fingerprint density at radius 3 is 3.08 bits per heavy atom. The fraction of sp³-hybridized carbons (Fsp3) is 0.500. The van der Waals surface area contributed by atoms with Crippen LogP contribution in [0.25, 0.3) is 0 Å². The van der Waals surface area contributed by atoms with Crippen LogP contribution in [0, 0.1) is 5.92 Å². The summed E-state index contributed by atoms with van der Waals surface area (Å²) >= 11 is 0. The molecule has 6 heteroatoms. The molecule has 2 aliphatic rings. The molecule has 2 aromatic rings. The first-order valence-electron chi connectivity index (χ1n) is 9.23. The zero-order valence-electron chi connectivity index (χ0n) is 15.1. The van der Waals surface area contributed by atoms with Crippen molar-refractivity contribution in [2.24, 2.45) is 5.92 Å². The van der Waals surface area contributed by atoms with E-state index in [1.807, 2.05) is 31.3 Å². The van der Waals surface area contributed by atoms with Crippen molar-refractivity contribution in [3.63, 3.8) is 0 Å². The first kappa shape index (κ1) is 17.2. The Hall–Kier alpha value is -2.18. The van der Waals surface area contributed by atoms with Crippen molar-refractivity contribution < 1.29 is 13.9 Å². The molecule has 2 saturated heterocycles. The molecule has 26 heavy (non-hydrogen) atoms. The van der Waals surface area contributed by atoms with Crippen LogP contribution < -0.4 is 0 Å². The van der Waals surface area contributed by atoms with Gasteiger partial charge in [-0.05, 0) is 43.5 Å². The zero-order valence-corrected chi connectivity index (χ0v) is 15.1. The van der Waals surface area contributed by atoms with E-state index in [2.05, 4.69) is 9.88 Å². The molecular formula is C20H25N3O3. The van der Waals surface area contributed by atoms with E-state index >= 15 is 0 Å². The molecule has 0 saturated carbocycles. The molecule has 2 aliphatic heterocycles. The van der Waals surface area contributed by atoms with E-state index in [0.717, 1.165) is 38.2 Å². The summed E-state index contributed by atoms with van der Waals surface area (Å²) in [5.41, 5.74) is 2.08. The first-order valence-corrected chi connectivity index (χ1v) is 9.23. The van der Waals surface area contributed by atoms with Gasteiger partial charge in [-0.2, -0.15) is 0 Å². The van der Waals surface area contributed by atoms with Crippen molar-refractivity contribution in [2.75, 3.05) is 20.1 Å². The molecule has 0 N–H and O–H groups in total. The number of carbonyl (C=O) groups excluding carboxylic acids is 1. The zero-order chi connectivity index (χ0) is 17.9. The standard InChI is InChI=1S/C20H25N3O3/c1-22(12-17-4-2-3-7-21-17)20(24)18-10-16-5-8-23(13-19(16)26-18)11-15-6-9-25-14-15/h2-4,6-7,9,14,16,18-19H,5,8,10-13H2,1H3/t16-,18-,19-/m0/s1. The molecule has 0 unspecified atom stereocenters. The molecule has 4 rings (SSSR count). The number of aromatic nitrogens is 1. The molecule has 0 radical (unpaired) electrons. The highest BCUT2D eigenvalue weighted by Crippen LogP contribution is 2.34. The SMILES string of the molecule is CN(Cc1ccccn1)C(=O)[C@@H]1C[C@@H]2CCN(Cc3ccoc3)C[C@@H]2O1. The highest BCUT2D eigenvalue weighted by Gasteiger charge is 2.42. The van der Waals surface area contributed by atoms with Crippen molar-refractivity contribution in [1.82, 2.24) is 14.8 Å². The van der Waals surface area contributed by atoms with Crippen LogP contribution in [0.3, 0.4) is 0 Å². The van der Waals surface area contributed by atoms with Gasteiger partial charge in [0.2, 0.25) is 0 Å². The molecule has 2 fully saturated rings. The van der Waals surface area contributed by atoms with E-state index in [0.29, 0.717) is 12.5 Å². The van der Waals surface area contributed by atoms with Gasteiger partial charge in [-0.15, -0.1) is 0 Å². The summed E-state index contributed by atoms with van der Waals surface area (Å²) in [6, 6.07) is 7.76. The van der Waals surface area contributed by atoms with Crippen LogP contribution in [0.5, 0.6) is 0 Å². The second-order valence-electron chi connectivity index (χ2n) is 7.33. The maximum absolute atomic E-state index is 12.8. The Labute approximate surface area is 153 Å². The molecule has 3 atom stereocenters. The number of hydrogen-bond donors (Lipinski definition) is 0. The lowest BCUT2D eigenvalue weighted by Crippen LogP contribution is -2.42. The first-order chi connectivity index (χ1) is 12.7. The number of ether oxygens (including phenoxy) is 1. The normalized spacial score (nSPS) is 25.8. The van der Waals surface area contributed by atoms with Crippen molar-refractivity contribution in [2.45, 2.75) is 38.1 Å². The summed E-state index contributed by atoms with van der Waals surface area (Å²) in [7, 11) is 1.83. The summed E-state index contributed by atoms with van der Waals surface area (Å²) in [5.74, 6) is 0.541. The lowest BCUT2D eigenvalue weighted by molar-refractivity contribution is -0.143. The minimum atomic E-state index is -0.326. The fourth-order valence-corrected chi connectivity index (χ4v) is 4.00. The van der Waals surface area contributed by atoms with Gasteiger partial charge in [-0.25, -0.2) is 0 Å². The van der Waals surface area contributed by atoms with Gasteiger partial charge in [0, 0.05) is 31.9 Å². The smallest absolute Gasteiger partial charge is 0.251 e. The molecule has 0 bridgehead atoms. The minimum absolute atomic E-state index is 0.0615. The number of likely N-dealkylation sites (N-methyl/N-ethyl adjacent to an activating group) is 1. The van der Waals surface area contributed by atoms with Crippen molar-refractivity contribution in [3.8, 4) is 0 Å². The van der Waals surface area contributed by atoms with Crippen LogP contribution in [0.4, 0.5) is 0 Å². The Morgan fingerprint density at radius 1 is 1.38 bits per heavy atom. The molecule has 0 aromatic carbocycles. The number of furan rings is 1. The van der Waals surface area contributed by atoms with Crippen LogP contribution in [0.2, 0.25) is 0 Å². The molecule has 4 heterocycles. The van der Waals surface area contributed by atoms with Gasteiger partial charge in [0.15, 0.2) is 0 Å². The van der Waals surface area contributed by atoms with Crippen molar-refractivity contribution in [1.29, 1.82) is 0 Å². The third-order valence-electron chi connectivity index (χ3n) is 5.40. The van der Waals surface area contributed by atoms with Crippen LogP contribution >= 0.6 is 0 Å². The van der Waals surface area contributed by atoms with E-state index in [4.69, 9.17) is 9.15 Å². The number of hydrogen-bond acceptors (Lipinski definition) is 5. The average molecular weight is 355 g/mol. The highest BCUT2D eigenvalue weighted by atomic mass is 16.5. The predicted octanol–water partition coefficient (Wildman–Crippen LogP) is 2.31. The third-order valence-corrected chi connectivity index (χ3v) is 5.40. The predicted molar refractivity (Wildman–Crippen MR) is 96.1 cm³/mol. The monoisotopic (exact) mass is 355 g/mol. The third kappa shape index (κ3) is 3.81. The van der Waals surface area contributed by atoms with Crippen molar-refractivity contribution >= 4 is 5.91 Å². The molecular weight excluding hydrogens is 330 g/mol. The van der Waals surface area contributed by atoms with E-state index in [1.54, 1.807) is 23.6 Å². The van der Waals surface area contributed by atoms with Crippen molar-refractivity contribution in [3.05, 3.63) is 54.2 Å². The van der Waals surface area contributed by atoms with Gasteiger partial charge in [0.1, 0.15) is 6.10 Å². The molecule has 2 aromatic heterocycles. The topological polar surface area (TPSA) is 58.8 Å². The summed E-state index contributed by atoms with van der Waals surface area (Å²) in [4.78, 5) is 21.2. The van der Waals surface area contributed by atoms with E-state index < -0.39 is 0 Å². The van der Waals surface area contributed by atoms with E-state index in [-0.39, 0.29) is 18.1 Å². The Morgan fingerprint density at radius 2 is 2.31 bits per heavy atom. The van der Waals surface area contributed by atoms with Gasteiger partial charge >= 0.3 is 0 Å². The Bertz CT molecular complexity index is 719. The number of amides is 1. The van der Waals surface area contributed by atoms with Gasteiger partial charge in [-0.1, -0.05) is 6.07 Å². The number of nitrogens with zero attached hydrogens (tertiary/aromatic N) is 3.